The molecule has 0 amide bonds. The molecule has 1 saturated carbocycles. The van der Waals surface area contributed by atoms with Gasteiger partial charge in [-0.3, -0.25) is 4.89 Å². The molecule has 2 aliphatic carbocycles. The molecule has 6 nitrogen and oxygen atoms in total. The quantitative estimate of drug-likeness (QED) is 0.332. The van der Waals surface area contributed by atoms with Gasteiger partial charge in [0.25, 0.3) is 0 Å². The van der Waals surface area contributed by atoms with Gasteiger partial charge in [-0.15, -0.1) is 0 Å². The Hall–Kier alpha value is -1.79. The van der Waals surface area contributed by atoms with Crippen LogP contribution in [0.25, 0.3) is 0 Å². The summed E-state index contributed by atoms with van der Waals surface area (Å²) in [5.74, 6) is 1.39. The van der Waals surface area contributed by atoms with Crippen LogP contribution in [-0.4, -0.2) is 33.7 Å². The molecule has 0 unspecified atom stereocenters. The first-order chi connectivity index (χ1) is 13.5. The number of aliphatic hydroxyl groups excluding tert-OH is 2. The van der Waals surface area contributed by atoms with Gasteiger partial charge in [0.2, 0.25) is 0 Å². The smallest absolute Gasteiger partial charge is 0.447 e. The molecule has 5 atom stereocenters. The molecule has 1 aromatic rings. The Labute approximate surface area is 166 Å². The Kier molecular flexibility index (Phi) is 7.18. The van der Waals surface area contributed by atoms with Crippen LogP contribution < -0.4 is 4.89 Å². The zero-order valence-electron chi connectivity index (χ0n) is 16.5. The van der Waals surface area contributed by atoms with E-state index in [9.17, 15) is 15.0 Å². The number of carboxylic acid groups (broad SMARTS) is 1. The number of rotatable bonds is 9. The van der Waals surface area contributed by atoms with Gasteiger partial charge in [0.15, 0.2) is 5.75 Å². The molecule has 0 spiro atoms. The minimum absolute atomic E-state index is 0.207. The summed E-state index contributed by atoms with van der Waals surface area (Å²) in [5, 5.41) is 29.6. The minimum Gasteiger partial charge on any atom is -0.447 e. The molecule has 156 valence electrons. The predicted molar refractivity (Wildman–Crippen MR) is 104 cm³/mol. The number of aliphatic hydroxyl groups is 2. The van der Waals surface area contributed by atoms with Gasteiger partial charge in [-0.05, 0) is 67.9 Å². The lowest BCUT2D eigenvalue weighted by atomic mass is 9.73. The van der Waals surface area contributed by atoms with Crippen LogP contribution in [0.15, 0.2) is 18.2 Å². The van der Waals surface area contributed by atoms with Crippen LogP contribution in [0.5, 0.6) is 5.75 Å². The second-order valence-electron chi connectivity index (χ2n) is 8.35. The maximum absolute atomic E-state index is 10.7. The maximum atomic E-state index is 10.7. The molecule has 1 aromatic carbocycles. The van der Waals surface area contributed by atoms with Crippen molar-refractivity contribution in [1.82, 2.24) is 0 Å². The molecule has 1 fully saturated rings. The zero-order chi connectivity index (χ0) is 20.1. The first-order valence-corrected chi connectivity index (χ1v) is 10.5. The summed E-state index contributed by atoms with van der Waals surface area (Å²) in [6, 6.07) is 5.61. The average molecular weight is 392 g/mol. The van der Waals surface area contributed by atoms with Crippen molar-refractivity contribution in [1.29, 1.82) is 0 Å². The summed E-state index contributed by atoms with van der Waals surface area (Å²) in [6.07, 6.45) is 6.07. The first kappa shape index (κ1) is 20.9. The van der Waals surface area contributed by atoms with Crippen LogP contribution in [0, 0.1) is 17.8 Å². The van der Waals surface area contributed by atoms with Crippen LogP contribution in [-0.2, 0) is 17.7 Å². The summed E-state index contributed by atoms with van der Waals surface area (Å²) in [7, 11) is 0. The third-order valence-corrected chi connectivity index (χ3v) is 6.52. The van der Waals surface area contributed by atoms with Crippen molar-refractivity contribution in [2.75, 3.05) is 0 Å². The molecule has 2 aliphatic rings. The Morgan fingerprint density at radius 1 is 1.25 bits per heavy atom. The highest BCUT2D eigenvalue weighted by atomic mass is 17.2. The maximum Gasteiger partial charge on any atom is 0.547 e. The highest BCUT2D eigenvalue weighted by molar-refractivity contribution is 5.56. The van der Waals surface area contributed by atoms with Crippen molar-refractivity contribution >= 4 is 6.16 Å². The fourth-order valence-electron chi connectivity index (χ4n) is 5.12. The SMILES string of the molecule is CCCCC[C@H](O)CC[C@@H]1[C@H]2Cc3cccc(OOC(=O)O)c3C[C@H]2C[C@H]1O. The summed E-state index contributed by atoms with van der Waals surface area (Å²) >= 11 is 0. The van der Waals surface area contributed by atoms with E-state index in [2.05, 4.69) is 11.8 Å². The van der Waals surface area contributed by atoms with Crippen LogP contribution in [0.2, 0.25) is 0 Å². The highest BCUT2D eigenvalue weighted by Gasteiger charge is 2.45. The zero-order valence-corrected chi connectivity index (χ0v) is 16.5. The highest BCUT2D eigenvalue weighted by Crippen LogP contribution is 2.48. The molecule has 0 heterocycles. The van der Waals surface area contributed by atoms with Gasteiger partial charge in [-0.2, -0.15) is 0 Å². The molecule has 0 aromatic heterocycles. The number of benzene rings is 1. The largest absolute Gasteiger partial charge is 0.547 e. The number of hydrogen-bond donors (Lipinski definition) is 3. The number of fused-ring (bicyclic) bond motifs is 2. The van der Waals surface area contributed by atoms with Crippen molar-refractivity contribution < 1.29 is 29.9 Å². The summed E-state index contributed by atoms with van der Waals surface area (Å²) < 4.78 is 0. The lowest BCUT2D eigenvalue weighted by molar-refractivity contribution is -0.161. The van der Waals surface area contributed by atoms with Crippen LogP contribution in [0.1, 0.15) is 63.0 Å². The van der Waals surface area contributed by atoms with E-state index in [-0.39, 0.29) is 18.1 Å². The molecule has 0 saturated heterocycles. The Balaban J connectivity index is 1.62. The Morgan fingerprint density at radius 3 is 2.82 bits per heavy atom. The molecule has 6 heteroatoms. The fourth-order valence-corrected chi connectivity index (χ4v) is 5.12. The molecule has 0 aliphatic heterocycles. The fraction of sp³-hybridized carbons (Fsp3) is 0.682. The first-order valence-electron chi connectivity index (χ1n) is 10.5. The van der Waals surface area contributed by atoms with Gasteiger partial charge in [0.05, 0.1) is 12.2 Å². The van der Waals surface area contributed by atoms with Crippen LogP contribution in [0.3, 0.4) is 0 Å². The molecule has 0 radical (unpaired) electrons. The second-order valence-corrected chi connectivity index (χ2v) is 8.35. The van der Waals surface area contributed by atoms with Gasteiger partial charge < -0.3 is 15.3 Å². The van der Waals surface area contributed by atoms with Crippen molar-refractivity contribution in [2.45, 2.75) is 76.9 Å². The monoisotopic (exact) mass is 392 g/mol. The van der Waals surface area contributed by atoms with E-state index in [1.165, 1.54) is 0 Å². The molecular formula is C22H32O6. The second kappa shape index (κ2) is 9.61. The van der Waals surface area contributed by atoms with E-state index in [4.69, 9.17) is 9.99 Å². The third kappa shape index (κ3) is 4.97. The molecule has 28 heavy (non-hydrogen) atoms. The molecule has 3 rings (SSSR count). The molecule has 0 bridgehead atoms. The van der Waals surface area contributed by atoms with E-state index < -0.39 is 6.16 Å². The van der Waals surface area contributed by atoms with E-state index in [0.717, 1.165) is 68.9 Å². The summed E-state index contributed by atoms with van der Waals surface area (Å²) in [6.45, 7) is 2.16. The summed E-state index contributed by atoms with van der Waals surface area (Å²) in [4.78, 5) is 19.9. The lowest BCUT2D eigenvalue weighted by Gasteiger charge is -2.32. The van der Waals surface area contributed by atoms with Crippen LogP contribution >= 0.6 is 0 Å². The van der Waals surface area contributed by atoms with E-state index in [1.807, 2.05) is 12.1 Å². The topological polar surface area (TPSA) is 96.2 Å². The van der Waals surface area contributed by atoms with Gasteiger partial charge >= 0.3 is 6.16 Å². The molecular weight excluding hydrogens is 360 g/mol. The standard InChI is InChI=1S/C22H32O6/c1-2-3-4-7-16(23)9-10-17-18-11-14-6-5-8-21(27-28-22(25)26)19(14)12-15(18)13-20(17)24/h5-6,8,15-18,20,23-24H,2-4,7,9-13H2,1H3,(H,25,26)/t15-,16-,17+,18-,20+/m0/s1. The lowest BCUT2D eigenvalue weighted by Crippen LogP contribution is -2.28. The number of carbonyl (C=O) groups is 1. The average Bonchev–Trinajstić information content (AvgIpc) is 2.97. The van der Waals surface area contributed by atoms with Crippen LogP contribution in [0.4, 0.5) is 4.79 Å². The third-order valence-electron chi connectivity index (χ3n) is 6.52. The predicted octanol–water partition coefficient (Wildman–Crippen LogP) is 4.11. The van der Waals surface area contributed by atoms with Crippen molar-refractivity contribution in [3.63, 3.8) is 0 Å². The van der Waals surface area contributed by atoms with E-state index in [0.29, 0.717) is 17.6 Å². The minimum atomic E-state index is -1.47. The van der Waals surface area contributed by atoms with Gasteiger partial charge in [0.1, 0.15) is 0 Å². The Bertz CT molecular complexity index is 660. The van der Waals surface area contributed by atoms with Crippen molar-refractivity contribution in [3.8, 4) is 5.75 Å². The number of unbranched alkanes of at least 4 members (excludes halogenated alkanes) is 2. The van der Waals surface area contributed by atoms with E-state index in [1.54, 1.807) is 6.07 Å². The van der Waals surface area contributed by atoms with E-state index >= 15 is 0 Å². The normalized spacial score (nSPS) is 27.0. The summed E-state index contributed by atoms with van der Waals surface area (Å²) in [5.41, 5.74) is 2.12. The number of hydrogen-bond acceptors (Lipinski definition) is 5. The van der Waals surface area contributed by atoms with Gasteiger partial charge in [-0.1, -0.05) is 38.3 Å². The van der Waals surface area contributed by atoms with Gasteiger partial charge in [0, 0.05) is 5.56 Å². The van der Waals surface area contributed by atoms with Crippen molar-refractivity contribution in [3.05, 3.63) is 29.3 Å². The molecule has 3 N–H and O–H groups in total. The Morgan fingerprint density at radius 2 is 2.07 bits per heavy atom. The van der Waals surface area contributed by atoms with Gasteiger partial charge in [-0.25, -0.2) is 9.68 Å². The van der Waals surface area contributed by atoms with Crippen molar-refractivity contribution in [2.24, 2.45) is 17.8 Å².